The average molecular weight is 173 g/mol. The molecule has 0 saturated heterocycles. The van der Waals surface area contributed by atoms with Crippen LogP contribution >= 0.6 is 0 Å². The molecule has 3 nitrogen and oxygen atoms in total. The zero-order chi connectivity index (χ0) is 9.31. The van der Waals surface area contributed by atoms with E-state index in [1.807, 2.05) is 38.1 Å². The molecule has 2 rings (SSSR count). The van der Waals surface area contributed by atoms with E-state index in [0.717, 1.165) is 11.4 Å². The van der Waals surface area contributed by atoms with Crippen LogP contribution < -0.4 is 0 Å². The van der Waals surface area contributed by atoms with Crippen molar-refractivity contribution < 1.29 is 0 Å². The molecule has 3 heteroatoms. The number of hydrogen-bond donors (Lipinski definition) is 0. The lowest BCUT2D eigenvalue weighted by Crippen LogP contribution is -2.14. The molecule has 0 N–H and O–H groups in total. The van der Waals surface area contributed by atoms with Crippen molar-refractivity contribution in [2.24, 2.45) is 10.2 Å². The van der Waals surface area contributed by atoms with E-state index in [9.17, 15) is 0 Å². The van der Waals surface area contributed by atoms with Crippen LogP contribution in [-0.4, -0.2) is 4.98 Å². The maximum Gasteiger partial charge on any atom is 0.141 e. The van der Waals surface area contributed by atoms with Crippen molar-refractivity contribution in [3.63, 3.8) is 0 Å². The van der Waals surface area contributed by atoms with E-state index in [1.54, 1.807) is 6.20 Å². The smallest absolute Gasteiger partial charge is 0.141 e. The topological polar surface area (TPSA) is 37.6 Å². The van der Waals surface area contributed by atoms with Gasteiger partial charge in [-0.25, -0.2) is 0 Å². The zero-order valence-electron chi connectivity index (χ0n) is 7.73. The third-order valence-electron chi connectivity index (χ3n) is 2.09. The molecule has 2 heterocycles. The molecule has 66 valence electrons. The van der Waals surface area contributed by atoms with Gasteiger partial charge in [-0.3, -0.25) is 4.98 Å². The van der Waals surface area contributed by atoms with Gasteiger partial charge in [-0.1, -0.05) is 6.07 Å². The van der Waals surface area contributed by atoms with Crippen LogP contribution in [0, 0.1) is 0 Å². The quantitative estimate of drug-likeness (QED) is 0.643. The summed E-state index contributed by atoms with van der Waals surface area (Å²) in [5.74, 6) is 0. The van der Waals surface area contributed by atoms with Crippen LogP contribution in [-0.2, 0) is 5.54 Å². The van der Waals surface area contributed by atoms with Crippen molar-refractivity contribution in [1.29, 1.82) is 0 Å². The van der Waals surface area contributed by atoms with Crippen molar-refractivity contribution in [3.8, 4) is 0 Å². The van der Waals surface area contributed by atoms with Crippen LogP contribution in [0.1, 0.15) is 19.5 Å². The van der Waals surface area contributed by atoms with Crippen LogP contribution in [0.25, 0.3) is 0 Å². The fourth-order valence-corrected chi connectivity index (χ4v) is 1.43. The van der Waals surface area contributed by atoms with E-state index in [4.69, 9.17) is 0 Å². The number of hydrogen-bond acceptors (Lipinski definition) is 3. The Hall–Kier alpha value is -1.51. The molecule has 13 heavy (non-hydrogen) atoms. The van der Waals surface area contributed by atoms with E-state index in [-0.39, 0.29) is 5.54 Å². The molecule has 0 amide bonds. The fraction of sp³-hybridized carbons (Fsp3) is 0.300. The normalized spacial score (nSPS) is 26.2. The molecule has 1 aromatic heterocycles. The highest BCUT2D eigenvalue weighted by Gasteiger charge is 2.28. The third kappa shape index (κ3) is 1.37. The molecule has 0 radical (unpaired) electrons. The summed E-state index contributed by atoms with van der Waals surface area (Å²) in [6.45, 7) is 3.95. The molecule has 1 unspecified atom stereocenters. The maximum atomic E-state index is 4.27. The minimum Gasteiger partial charge on any atom is -0.258 e. The number of aromatic nitrogens is 1. The van der Waals surface area contributed by atoms with Crippen molar-refractivity contribution in [2.45, 2.75) is 19.4 Å². The first-order chi connectivity index (χ1) is 6.21. The van der Waals surface area contributed by atoms with Gasteiger partial charge in [0.1, 0.15) is 5.54 Å². The van der Waals surface area contributed by atoms with Crippen LogP contribution in [0.4, 0.5) is 0 Å². The average Bonchev–Trinajstić information content (AvgIpc) is 2.49. The number of azo groups is 1. The summed E-state index contributed by atoms with van der Waals surface area (Å²) in [5.41, 5.74) is 1.54. The Morgan fingerprint density at radius 2 is 2.15 bits per heavy atom. The van der Waals surface area contributed by atoms with Gasteiger partial charge in [0, 0.05) is 6.20 Å². The summed E-state index contributed by atoms with van der Waals surface area (Å²) in [6, 6.07) is 5.83. The molecular weight excluding hydrogens is 162 g/mol. The Bertz CT molecular complexity index is 367. The summed E-state index contributed by atoms with van der Waals surface area (Å²) < 4.78 is 0. The number of allylic oxidation sites excluding steroid dienone is 1. The highest BCUT2D eigenvalue weighted by atomic mass is 15.2. The van der Waals surface area contributed by atoms with Crippen molar-refractivity contribution >= 4 is 0 Å². The molecule has 0 aromatic carbocycles. The summed E-state index contributed by atoms with van der Waals surface area (Å²) in [6.07, 6.45) is 3.80. The molecule has 0 spiro atoms. The lowest BCUT2D eigenvalue weighted by Gasteiger charge is -2.14. The van der Waals surface area contributed by atoms with Crippen LogP contribution in [0.2, 0.25) is 0 Å². The van der Waals surface area contributed by atoms with Crippen LogP contribution in [0.5, 0.6) is 0 Å². The zero-order valence-corrected chi connectivity index (χ0v) is 7.73. The Kier molecular flexibility index (Phi) is 1.72. The second-order valence-corrected chi connectivity index (χ2v) is 3.35. The fourth-order valence-electron chi connectivity index (χ4n) is 1.43. The SMILES string of the molecule is CC1=CC(C)(c2ccccn2)N=N1. The van der Waals surface area contributed by atoms with Gasteiger partial charge in [-0.15, -0.1) is 0 Å². The molecule has 0 saturated carbocycles. The van der Waals surface area contributed by atoms with Gasteiger partial charge >= 0.3 is 0 Å². The second-order valence-electron chi connectivity index (χ2n) is 3.35. The number of pyridine rings is 1. The summed E-state index contributed by atoms with van der Waals surface area (Å²) in [7, 11) is 0. The van der Waals surface area contributed by atoms with Gasteiger partial charge in [-0.2, -0.15) is 10.2 Å². The lowest BCUT2D eigenvalue weighted by atomic mass is 9.98. The lowest BCUT2D eigenvalue weighted by molar-refractivity contribution is 0.599. The third-order valence-corrected chi connectivity index (χ3v) is 2.09. The van der Waals surface area contributed by atoms with Gasteiger partial charge in [0.2, 0.25) is 0 Å². The van der Waals surface area contributed by atoms with E-state index in [1.165, 1.54) is 0 Å². The minimum atomic E-state index is -0.356. The molecule has 0 bridgehead atoms. The van der Waals surface area contributed by atoms with Gasteiger partial charge in [0.05, 0.1) is 11.4 Å². The predicted molar refractivity (Wildman–Crippen MR) is 50.2 cm³/mol. The highest BCUT2D eigenvalue weighted by molar-refractivity contribution is 5.26. The monoisotopic (exact) mass is 173 g/mol. The van der Waals surface area contributed by atoms with Gasteiger partial charge in [0.25, 0.3) is 0 Å². The number of nitrogens with zero attached hydrogens (tertiary/aromatic N) is 3. The Morgan fingerprint density at radius 1 is 1.31 bits per heavy atom. The summed E-state index contributed by atoms with van der Waals surface area (Å²) in [5, 5.41) is 8.20. The van der Waals surface area contributed by atoms with E-state index in [0.29, 0.717) is 0 Å². The van der Waals surface area contributed by atoms with Crippen molar-refractivity contribution in [1.82, 2.24) is 4.98 Å². The van der Waals surface area contributed by atoms with E-state index < -0.39 is 0 Å². The first kappa shape index (κ1) is 8.10. The molecule has 0 aliphatic carbocycles. The maximum absolute atomic E-state index is 4.27. The number of rotatable bonds is 1. The standard InChI is InChI=1S/C10H11N3/c1-8-7-10(2,13-12-8)9-5-3-4-6-11-9/h3-7H,1-2H3. The van der Waals surface area contributed by atoms with E-state index >= 15 is 0 Å². The van der Waals surface area contributed by atoms with Crippen LogP contribution in [0.3, 0.4) is 0 Å². The second kappa shape index (κ2) is 2.76. The Morgan fingerprint density at radius 3 is 2.69 bits per heavy atom. The Labute approximate surface area is 77.2 Å². The predicted octanol–water partition coefficient (Wildman–Crippen LogP) is 2.67. The van der Waals surface area contributed by atoms with Crippen molar-refractivity contribution in [2.75, 3.05) is 0 Å². The molecular formula is C10H11N3. The molecule has 0 fully saturated rings. The molecule has 1 aliphatic rings. The van der Waals surface area contributed by atoms with Crippen molar-refractivity contribution in [3.05, 3.63) is 41.9 Å². The molecule has 1 aliphatic heterocycles. The highest BCUT2D eigenvalue weighted by Crippen LogP contribution is 2.31. The summed E-state index contributed by atoms with van der Waals surface area (Å²) >= 11 is 0. The van der Waals surface area contributed by atoms with Gasteiger partial charge < -0.3 is 0 Å². The molecule has 1 atom stereocenters. The largest absolute Gasteiger partial charge is 0.258 e. The van der Waals surface area contributed by atoms with Gasteiger partial charge in [0.15, 0.2) is 0 Å². The Balaban J connectivity index is 2.43. The minimum absolute atomic E-state index is 0.356. The van der Waals surface area contributed by atoms with Gasteiger partial charge in [-0.05, 0) is 32.1 Å². The van der Waals surface area contributed by atoms with E-state index in [2.05, 4.69) is 15.2 Å². The van der Waals surface area contributed by atoms with Crippen LogP contribution in [0.15, 0.2) is 46.4 Å². The first-order valence-electron chi connectivity index (χ1n) is 4.25. The molecule has 1 aromatic rings. The first-order valence-corrected chi connectivity index (χ1v) is 4.25. The summed E-state index contributed by atoms with van der Waals surface area (Å²) in [4.78, 5) is 4.27.